The normalized spacial score (nSPS) is 12.4. The zero-order valence-corrected chi connectivity index (χ0v) is 51.5. The van der Waals surface area contributed by atoms with E-state index in [1.54, 1.807) is 0 Å². The van der Waals surface area contributed by atoms with E-state index in [0.717, 1.165) is 77.0 Å². The Morgan fingerprint density at radius 1 is 0.273 bits per heavy atom. The summed E-state index contributed by atoms with van der Waals surface area (Å²) in [7, 11) is 0. The Hall–Kier alpha value is -2.89. The second-order valence-corrected chi connectivity index (χ2v) is 22.7. The Morgan fingerprint density at radius 3 is 0.831 bits per heavy atom. The standard InChI is InChI=1S/C71H128O6/c1-4-7-10-13-16-19-21-23-25-26-27-28-29-30-31-32-33-34-35-36-37-38-39-40-41-42-43-44-46-47-49-52-55-58-61-64-70(73)76-67-68(66-75-69(72)63-60-57-54-51-18-15-12-9-6-3)77-71(74)65-62-59-56-53-50-48-45-24-22-20-17-14-11-8-5-2/h8,11,17,20,24,26-27,45,50,53,68H,4-7,9-10,12-16,18-19,21-23,25,28-44,46-49,51-52,54-67H2,1-3H3/b11-8-,20-17-,27-26-,45-24-,53-50-. The number of hydrogen-bond donors (Lipinski definition) is 0. The number of esters is 3. The number of allylic oxidation sites excluding steroid dienone is 10. The summed E-state index contributed by atoms with van der Waals surface area (Å²) in [6.45, 7) is 6.51. The van der Waals surface area contributed by atoms with Gasteiger partial charge < -0.3 is 14.2 Å². The Bertz CT molecular complexity index is 1380. The molecule has 0 fully saturated rings. The van der Waals surface area contributed by atoms with Crippen molar-refractivity contribution in [2.75, 3.05) is 13.2 Å². The van der Waals surface area contributed by atoms with E-state index < -0.39 is 6.10 Å². The van der Waals surface area contributed by atoms with Gasteiger partial charge in [-0.1, -0.05) is 313 Å². The lowest BCUT2D eigenvalue weighted by atomic mass is 10.0. The van der Waals surface area contributed by atoms with Crippen LogP contribution in [0.4, 0.5) is 0 Å². The van der Waals surface area contributed by atoms with Crippen LogP contribution >= 0.6 is 0 Å². The van der Waals surface area contributed by atoms with Crippen molar-refractivity contribution in [2.24, 2.45) is 0 Å². The predicted octanol–water partition coefficient (Wildman–Crippen LogP) is 23.1. The molecule has 0 aromatic rings. The molecule has 6 heteroatoms. The van der Waals surface area contributed by atoms with Gasteiger partial charge in [0.05, 0.1) is 0 Å². The first-order valence-corrected chi connectivity index (χ1v) is 33.8. The van der Waals surface area contributed by atoms with Crippen LogP contribution in [0.2, 0.25) is 0 Å². The minimum Gasteiger partial charge on any atom is -0.462 e. The first kappa shape index (κ1) is 74.1. The second kappa shape index (κ2) is 65.6. The van der Waals surface area contributed by atoms with E-state index in [4.69, 9.17) is 14.2 Å². The van der Waals surface area contributed by atoms with Crippen LogP contribution in [0.15, 0.2) is 60.8 Å². The minimum absolute atomic E-state index is 0.0869. The molecule has 77 heavy (non-hydrogen) atoms. The zero-order valence-electron chi connectivity index (χ0n) is 51.5. The molecule has 0 saturated carbocycles. The van der Waals surface area contributed by atoms with Crippen LogP contribution in [0.5, 0.6) is 0 Å². The summed E-state index contributed by atoms with van der Waals surface area (Å²) in [6.07, 6.45) is 84.3. The summed E-state index contributed by atoms with van der Waals surface area (Å²) in [5, 5.41) is 0. The van der Waals surface area contributed by atoms with Gasteiger partial charge in [0.1, 0.15) is 13.2 Å². The fraction of sp³-hybridized carbons (Fsp3) is 0.817. The third-order valence-electron chi connectivity index (χ3n) is 15.0. The van der Waals surface area contributed by atoms with Crippen molar-refractivity contribution in [3.8, 4) is 0 Å². The fourth-order valence-electron chi connectivity index (χ4n) is 9.96. The Labute approximate surface area is 479 Å². The van der Waals surface area contributed by atoms with E-state index in [0.29, 0.717) is 19.3 Å². The molecule has 0 saturated heterocycles. The highest BCUT2D eigenvalue weighted by atomic mass is 16.6. The first-order valence-electron chi connectivity index (χ1n) is 33.8. The fourth-order valence-corrected chi connectivity index (χ4v) is 9.96. The van der Waals surface area contributed by atoms with Gasteiger partial charge in [0.15, 0.2) is 6.10 Å². The number of rotatable bonds is 62. The molecule has 448 valence electrons. The van der Waals surface area contributed by atoms with Crippen LogP contribution in [0.25, 0.3) is 0 Å². The van der Waals surface area contributed by atoms with E-state index in [9.17, 15) is 14.4 Å². The summed E-state index contributed by atoms with van der Waals surface area (Å²) in [5.74, 6) is -0.916. The second-order valence-electron chi connectivity index (χ2n) is 22.7. The highest BCUT2D eigenvalue weighted by molar-refractivity contribution is 5.71. The third kappa shape index (κ3) is 63.8. The van der Waals surface area contributed by atoms with E-state index in [1.807, 2.05) is 0 Å². The molecule has 0 aliphatic carbocycles. The molecular weight excluding hydrogens is 949 g/mol. The van der Waals surface area contributed by atoms with Gasteiger partial charge in [-0.05, 0) is 83.5 Å². The lowest BCUT2D eigenvalue weighted by molar-refractivity contribution is -0.167. The van der Waals surface area contributed by atoms with E-state index in [1.165, 1.54) is 231 Å². The predicted molar refractivity (Wildman–Crippen MR) is 335 cm³/mol. The van der Waals surface area contributed by atoms with Gasteiger partial charge in [0.2, 0.25) is 0 Å². The monoisotopic (exact) mass is 1080 g/mol. The van der Waals surface area contributed by atoms with Gasteiger partial charge in [0.25, 0.3) is 0 Å². The van der Waals surface area contributed by atoms with Gasteiger partial charge in [-0.3, -0.25) is 14.4 Å². The topological polar surface area (TPSA) is 78.9 Å². The molecule has 0 rings (SSSR count). The Morgan fingerprint density at radius 2 is 0.506 bits per heavy atom. The van der Waals surface area contributed by atoms with E-state index in [-0.39, 0.29) is 37.5 Å². The molecule has 0 aliphatic heterocycles. The number of carbonyl (C=O) groups excluding carboxylic acids is 3. The lowest BCUT2D eigenvalue weighted by Crippen LogP contribution is -2.30. The van der Waals surface area contributed by atoms with Crippen LogP contribution in [0.1, 0.15) is 355 Å². The van der Waals surface area contributed by atoms with Crippen molar-refractivity contribution in [1.29, 1.82) is 0 Å². The average molecular weight is 1080 g/mol. The molecule has 1 atom stereocenters. The van der Waals surface area contributed by atoms with Crippen LogP contribution < -0.4 is 0 Å². The third-order valence-corrected chi connectivity index (χ3v) is 15.0. The summed E-state index contributed by atoms with van der Waals surface area (Å²) in [4.78, 5) is 38.1. The molecule has 0 aliphatic rings. The molecule has 0 radical (unpaired) electrons. The van der Waals surface area contributed by atoms with E-state index >= 15 is 0 Å². The van der Waals surface area contributed by atoms with Crippen LogP contribution in [0, 0.1) is 0 Å². The number of unbranched alkanes of at least 4 members (excludes halogenated alkanes) is 41. The van der Waals surface area contributed by atoms with Gasteiger partial charge in [0, 0.05) is 19.3 Å². The summed E-state index contributed by atoms with van der Waals surface area (Å²) >= 11 is 0. The zero-order chi connectivity index (χ0) is 55.7. The largest absolute Gasteiger partial charge is 0.462 e. The first-order chi connectivity index (χ1) is 38.0. The van der Waals surface area contributed by atoms with Crippen LogP contribution in [-0.4, -0.2) is 37.2 Å². The van der Waals surface area contributed by atoms with Gasteiger partial charge in [-0.15, -0.1) is 0 Å². The molecule has 6 nitrogen and oxygen atoms in total. The van der Waals surface area contributed by atoms with Crippen molar-refractivity contribution in [3.05, 3.63) is 60.8 Å². The number of carbonyl (C=O) groups is 3. The molecule has 0 heterocycles. The number of ether oxygens (including phenoxy) is 3. The average Bonchev–Trinajstić information content (AvgIpc) is 3.43. The van der Waals surface area contributed by atoms with Gasteiger partial charge >= 0.3 is 17.9 Å². The van der Waals surface area contributed by atoms with Gasteiger partial charge in [-0.2, -0.15) is 0 Å². The molecule has 1 unspecified atom stereocenters. The van der Waals surface area contributed by atoms with Crippen molar-refractivity contribution in [3.63, 3.8) is 0 Å². The quantitative estimate of drug-likeness (QED) is 0.0261. The smallest absolute Gasteiger partial charge is 0.306 e. The molecule has 0 amide bonds. The van der Waals surface area contributed by atoms with Crippen molar-refractivity contribution in [2.45, 2.75) is 361 Å². The van der Waals surface area contributed by atoms with E-state index in [2.05, 4.69) is 81.5 Å². The van der Waals surface area contributed by atoms with Gasteiger partial charge in [-0.25, -0.2) is 0 Å². The molecular formula is C71H128O6. The lowest BCUT2D eigenvalue weighted by Gasteiger charge is -2.18. The molecule has 0 aromatic carbocycles. The van der Waals surface area contributed by atoms with Crippen LogP contribution in [-0.2, 0) is 28.6 Å². The summed E-state index contributed by atoms with van der Waals surface area (Å²) in [5.41, 5.74) is 0. The maximum Gasteiger partial charge on any atom is 0.306 e. The maximum atomic E-state index is 12.8. The highest BCUT2D eigenvalue weighted by Gasteiger charge is 2.19. The Balaban J connectivity index is 4.00. The SMILES string of the molecule is CC/C=C\C/C=C\C/C=C\C/C=C\CCCCC(=O)OC(COC(=O)CCCCCCCCCCC)COC(=O)CCCCCCCCCCCCCCCCCCCCCCCCC/C=C\CCCCCCCCCC. The highest BCUT2D eigenvalue weighted by Crippen LogP contribution is 2.18. The summed E-state index contributed by atoms with van der Waals surface area (Å²) < 4.78 is 16.8. The molecule has 0 aromatic heterocycles. The minimum atomic E-state index is -0.792. The molecule has 0 N–H and O–H groups in total. The number of hydrogen-bond acceptors (Lipinski definition) is 6. The molecule has 0 bridgehead atoms. The van der Waals surface area contributed by atoms with Crippen molar-refractivity contribution in [1.82, 2.24) is 0 Å². The molecule has 0 spiro atoms. The Kier molecular flexibility index (Phi) is 63.2. The maximum absolute atomic E-state index is 12.8. The summed E-state index contributed by atoms with van der Waals surface area (Å²) in [6, 6.07) is 0. The van der Waals surface area contributed by atoms with Crippen molar-refractivity contribution >= 4 is 17.9 Å². The van der Waals surface area contributed by atoms with Crippen LogP contribution in [0.3, 0.4) is 0 Å². The van der Waals surface area contributed by atoms with Crippen molar-refractivity contribution < 1.29 is 28.6 Å².